The van der Waals surface area contributed by atoms with E-state index in [-0.39, 0.29) is 16.9 Å². The lowest BCUT2D eigenvalue weighted by molar-refractivity contribution is 0.0772. The highest BCUT2D eigenvalue weighted by atomic mass is 79.9. The monoisotopic (exact) mass is 505 g/mol. The molecule has 0 saturated heterocycles. The van der Waals surface area contributed by atoms with Crippen molar-refractivity contribution in [1.82, 2.24) is 10.2 Å². The number of carbonyl (C=O) groups excluding carboxylic acids is 2. The van der Waals surface area contributed by atoms with Crippen molar-refractivity contribution in [3.8, 4) is 5.75 Å². The van der Waals surface area contributed by atoms with Crippen molar-refractivity contribution in [2.75, 3.05) is 25.0 Å². The van der Waals surface area contributed by atoms with Gasteiger partial charge in [-0.3, -0.25) is 14.9 Å². The highest BCUT2D eigenvalue weighted by molar-refractivity contribution is 9.10. The minimum Gasteiger partial charge on any atom is -0.492 e. The lowest BCUT2D eigenvalue weighted by atomic mass is 10.2. The van der Waals surface area contributed by atoms with Gasteiger partial charge in [0.25, 0.3) is 11.8 Å². The van der Waals surface area contributed by atoms with Crippen LogP contribution in [0.3, 0.4) is 0 Å². The Kier molecular flexibility index (Phi) is 9.94. The van der Waals surface area contributed by atoms with Crippen LogP contribution in [0.15, 0.2) is 46.9 Å². The summed E-state index contributed by atoms with van der Waals surface area (Å²) < 4.78 is 6.40. The van der Waals surface area contributed by atoms with E-state index in [0.717, 1.165) is 12.8 Å². The Bertz CT molecular complexity index is 915. The summed E-state index contributed by atoms with van der Waals surface area (Å²) in [5.74, 6) is 0.358. The van der Waals surface area contributed by atoms with Crippen molar-refractivity contribution in [3.63, 3.8) is 0 Å². The Morgan fingerprint density at radius 1 is 1.03 bits per heavy atom. The fraction of sp³-hybridized carbons (Fsp3) is 0.348. The maximum Gasteiger partial charge on any atom is 0.257 e. The zero-order valence-electron chi connectivity index (χ0n) is 18.0. The molecule has 2 aromatic carbocycles. The molecule has 2 N–H and O–H groups in total. The first-order valence-electron chi connectivity index (χ1n) is 10.3. The van der Waals surface area contributed by atoms with Crippen molar-refractivity contribution in [2.24, 2.45) is 0 Å². The second-order valence-electron chi connectivity index (χ2n) is 6.81. The zero-order chi connectivity index (χ0) is 22.8. The highest BCUT2D eigenvalue weighted by Crippen LogP contribution is 2.26. The Morgan fingerprint density at radius 3 is 2.26 bits per heavy atom. The predicted octanol–water partition coefficient (Wildman–Crippen LogP) is 5.24. The van der Waals surface area contributed by atoms with Crippen LogP contribution in [-0.2, 0) is 0 Å². The third-order valence-corrected chi connectivity index (χ3v) is 5.44. The normalized spacial score (nSPS) is 10.3. The molecule has 0 aromatic heterocycles. The maximum atomic E-state index is 12.5. The Morgan fingerprint density at radius 2 is 1.68 bits per heavy atom. The smallest absolute Gasteiger partial charge is 0.257 e. The molecule has 2 rings (SSSR count). The maximum absolute atomic E-state index is 12.5. The zero-order valence-corrected chi connectivity index (χ0v) is 20.4. The van der Waals surface area contributed by atoms with E-state index in [9.17, 15) is 9.59 Å². The molecule has 6 nitrogen and oxygen atoms in total. The SMILES string of the molecule is CCCCOc1ccc(C(=O)NC(=S)Nc2ccc(C(=O)N(CC)CC)cc2)cc1Br. The number of anilines is 1. The molecule has 2 amide bonds. The second kappa shape index (κ2) is 12.4. The molecule has 8 heteroatoms. The Labute approximate surface area is 197 Å². The number of rotatable bonds is 9. The van der Waals surface area contributed by atoms with E-state index in [1.165, 1.54) is 0 Å². The number of thiocarbonyl (C=S) groups is 1. The van der Waals surface area contributed by atoms with Crippen LogP contribution >= 0.6 is 28.1 Å². The molecule has 0 saturated carbocycles. The van der Waals surface area contributed by atoms with Gasteiger partial charge in [-0.2, -0.15) is 0 Å². The summed E-state index contributed by atoms with van der Waals surface area (Å²) in [5, 5.41) is 5.80. The number of unbranched alkanes of at least 4 members (excludes halogenated alkanes) is 1. The van der Waals surface area contributed by atoms with Crippen molar-refractivity contribution in [1.29, 1.82) is 0 Å². The third kappa shape index (κ3) is 7.33. The molecule has 0 aliphatic carbocycles. The number of nitrogens with one attached hydrogen (secondary N) is 2. The summed E-state index contributed by atoms with van der Waals surface area (Å²) in [6.45, 7) is 7.95. The van der Waals surface area contributed by atoms with Gasteiger partial charge in [-0.15, -0.1) is 0 Å². The largest absolute Gasteiger partial charge is 0.492 e. The van der Waals surface area contributed by atoms with Gasteiger partial charge in [0.1, 0.15) is 5.75 Å². The van der Waals surface area contributed by atoms with E-state index in [1.807, 2.05) is 13.8 Å². The van der Waals surface area contributed by atoms with Gasteiger partial charge in [-0.25, -0.2) is 0 Å². The number of benzene rings is 2. The van der Waals surface area contributed by atoms with Crippen molar-refractivity contribution in [2.45, 2.75) is 33.6 Å². The molecule has 0 radical (unpaired) electrons. The first kappa shape index (κ1) is 24.8. The number of halogens is 1. The summed E-state index contributed by atoms with van der Waals surface area (Å²) in [6, 6.07) is 12.1. The van der Waals surface area contributed by atoms with Gasteiger partial charge in [0.05, 0.1) is 11.1 Å². The molecule has 0 bridgehead atoms. The molecule has 0 atom stereocenters. The van der Waals surface area contributed by atoms with E-state index in [4.69, 9.17) is 17.0 Å². The van der Waals surface area contributed by atoms with E-state index in [1.54, 1.807) is 47.4 Å². The Hall–Kier alpha value is -2.45. The van der Waals surface area contributed by atoms with Crippen molar-refractivity contribution >= 4 is 50.8 Å². The second-order valence-corrected chi connectivity index (χ2v) is 8.07. The number of amides is 2. The van der Waals surface area contributed by atoms with Crippen LogP contribution in [0.1, 0.15) is 54.3 Å². The molecule has 166 valence electrons. The van der Waals surface area contributed by atoms with Crippen LogP contribution in [0.4, 0.5) is 5.69 Å². The van der Waals surface area contributed by atoms with Crippen LogP contribution in [-0.4, -0.2) is 41.5 Å². The van der Waals surface area contributed by atoms with E-state index in [0.29, 0.717) is 46.7 Å². The van der Waals surface area contributed by atoms with Crippen LogP contribution in [0, 0.1) is 0 Å². The summed E-state index contributed by atoms with van der Waals surface area (Å²) in [4.78, 5) is 26.6. The van der Waals surface area contributed by atoms with Gasteiger partial charge >= 0.3 is 0 Å². The third-order valence-electron chi connectivity index (χ3n) is 4.62. The highest BCUT2D eigenvalue weighted by Gasteiger charge is 2.13. The molecule has 0 heterocycles. The van der Waals surface area contributed by atoms with Gasteiger partial charge < -0.3 is 15.0 Å². The minimum absolute atomic E-state index is 0.0138. The summed E-state index contributed by atoms with van der Waals surface area (Å²) >= 11 is 8.69. The minimum atomic E-state index is -0.327. The standard InChI is InChI=1S/C23H28BrN3O3S/c1-4-7-14-30-20-13-10-17(15-19(20)24)21(28)26-23(31)25-18-11-8-16(9-12-18)22(29)27(5-2)6-3/h8-13,15H,4-7,14H2,1-3H3,(H2,25,26,28,31). The predicted molar refractivity (Wildman–Crippen MR) is 132 cm³/mol. The van der Waals surface area contributed by atoms with E-state index >= 15 is 0 Å². The fourth-order valence-corrected chi connectivity index (χ4v) is 3.52. The average Bonchev–Trinajstić information content (AvgIpc) is 2.76. The molecule has 31 heavy (non-hydrogen) atoms. The van der Waals surface area contributed by atoms with Gasteiger partial charge in [0.15, 0.2) is 5.11 Å². The molecular weight excluding hydrogens is 478 g/mol. The molecule has 2 aromatic rings. The van der Waals surface area contributed by atoms with Crippen molar-refractivity contribution in [3.05, 3.63) is 58.1 Å². The summed E-state index contributed by atoms with van der Waals surface area (Å²) in [6.07, 6.45) is 2.02. The lowest BCUT2D eigenvalue weighted by Crippen LogP contribution is -2.34. The molecular formula is C23H28BrN3O3S. The molecule has 0 spiro atoms. The fourth-order valence-electron chi connectivity index (χ4n) is 2.81. The number of carbonyl (C=O) groups is 2. The van der Waals surface area contributed by atoms with Gasteiger partial charge in [0, 0.05) is 29.9 Å². The summed E-state index contributed by atoms with van der Waals surface area (Å²) in [7, 11) is 0. The topological polar surface area (TPSA) is 70.7 Å². The van der Waals surface area contributed by atoms with Crippen molar-refractivity contribution < 1.29 is 14.3 Å². The van der Waals surface area contributed by atoms with Gasteiger partial charge in [0.2, 0.25) is 0 Å². The number of hydrogen-bond acceptors (Lipinski definition) is 4. The number of nitrogens with zero attached hydrogens (tertiary/aromatic N) is 1. The van der Waals surface area contributed by atoms with Crippen LogP contribution in [0.25, 0.3) is 0 Å². The Balaban J connectivity index is 1.94. The van der Waals surface area contributed by atoms with Crippen LogP contribution in [0.2, 0.25) is 0 Å². The average molecular weight is 506 g/mol. The van der Waals surface area contributed by atoms with E-state index < -0.39 is 0 Å². The first-order valence-corrected chi connectivity index (χ1v) is 11.5. The van der Waals surface area contributed by atoms with Crippen LogP contribution < -0.4 is 15.4 Å². The van der Waals surface area contributed by atoms with E-state index in [2.05, 4.69) is 33.5 Å². The molecule has 0 aliphatic heterocycles. The molecule has 0 unspecified atom stereocenters. The van der Waals surface area contributed by atoms with Gasteiger partial charge in [-0.1, -0.05) is 13.3 Å². The summed E-state index contributed by atoms with van der Waals surface area (Å²) in [5.41, 5.74) is 1.75. The molecule has 0 fully saturated rings. The van der Waals surface area contributed by atoms with Gasteiger partial charge in [-0.05, 0) is 90.9 Å². The number of ether oxygens (including phenoxy) is 1. The molecule has 0 aliphatic rings. The lowest BCUT2D eigenvalue weighted by Gasteiger charge is -2.18. The first-order chi connectivity index (χ1) is 14.9. The van der Waals surface area contributed by atoms with Crippen LogP contribution in [0.5, 0.6) is 5.75 Å². The quantitative estimate of drug-likeness (QED) is 0.360. The number of hydrogen-bond donors (Lipinski definition) is 2.